The fraction of sp³-hybridized carbons (Fsp3) is 0.500. The largest absolute Gasteiger partial charge is 0.491 e. The Balaban J connectivity index is 2.09. The molecule has 0 aliphatic carbocycles. The lowest BCUT2D eigenvalue weighted by Gasteiger charge is -2.17. The van der Waals surface area contributed by atoms with Gasteiger partial charge < -0.3 is 15.4 Å². The molecule has 1 aromatic carbocycles. The molecule has 1 aromatic rings. The third-order valence-corrected chi connectivity index (χ3v) is 3.69. The van der Waals surface area contributed by atoms with E-state index in [1.165, 1.54) is 0 Å². The van der Waals surface area contributed by atoms with Gasteiger partial charge in [-0.25, -0.2) is 0 Å². The molecule has 2 rings (SSSR count). The smallest absolute Gasteiger partial charge is 0.247 e. The van der Waals surface area contributed by atoms with E-state index in [0.717, 1.165) is 19.3 Å². The first-order chi connectivity index (χ1) is 10.6. The number of hydrogen-bond donors (Lipinski definition) is 2. The first kappa shape index (κ1) is 16.6. The quantitative estimate of drug-likeness (QED) is 0.874. The number of carbonyl (C=O) groups excluding carboxylic acids is 2. The SMILES string of the molecule is CCCOc1ccc(Cl)cc1NC(=O)C1CCCCC(=O)N1. The van der Waals surface area contributed by atoms with Gasteiger partial charge in [0.2, 0.25) is 11.8 Å². The van der Waals surface area contributed by atoms with Crippen LogP contribution in [0.4, 0.5) is 5.69 Å². The highest BCUT2D eigenvalue weighted by molar-refractivity contribution is 6.31. The van der Waals surface area contributed by atoms with Crippen molar-refractivity contribution in [3.8, 4) is 5.75 Å². The minimum absolute atomic E-state index is 0.0776. The second-order valence-corrected chi connectivity index (χ2v) is 5.78. The van der Waals surface area contributed by atoms with Gasteiger partial charge in [-0.05, 0) is 37.5 Å². The van der Waals surface area contributed by atoms with Crippen LogP contribution in [0.15, 0.2) is 18.2 Å². The van der Waals surface area contributed by atoms with Gasteiger partial charge in [0.25, 0.3) is 0 Å². The lowest BCUT2D eigenvalue weighted by atomic mass is 10.1. The monoisotopic (exact) mass is 324 g/mol. The highest BCUT2D eigenvalue weighted by Gasteiger charge is 2.23. The second kappa shape index (κ2) is 8.03. The van der Waals surface area contributed by atoms with Crippen molar-refractivity contribution in [2.24, 2.45) is 0 Å². The minimum atomic E-state index is -0.506. The van der Waals surface area contributed by atoms with Crippen LogP contribution in [-0.2, 0) is 9.59 Å². The molecule has 0 spiro atoms. The fourth-order valence-electron chi connectivity index (χ4n) is 2.33. The topological polar surface area (TPSA) is 67.4 Å². The summed E-state index contributed by atoms with van der Waals surface area (Å²) in [6, 6.07) is 4.60. The highest BCUT2D eigenvalue weighted by Crippen LogP contribution is 2.28. The number of ether oxygens (including phenoxy) is 1. The average molecular weight is 325 g/mol. The minimum Gasteiger partial charge on any atom is -0.491 e. The van der Waals surface area contributed by atoms with Crippen LogP contribution < -0.4 is 15.4 Å². The molecule has 0 radical (unpaired) electrons. The molecule has 1 atom stereocenters. The van der Waals surface area contributed by atoms with Crippen molar-refractivity contribution in [3.63, 3.8) is 0 Å². The molecule has 1 saturated heterocycles. The van der Waals surface area contributed by atoms with Crippen LogP contribution in [0, 0.1) is 0 Å². The Hall–Kier alpha value is -1.75. The number of nitrogens with one attached hydrogen (secondary N) is 2. The number of carbonyl (C=O) groups is 2. The highest BCUT2D eigenvalue weighted by atomic mass is 35.5. The number of benzene rings is 1. The maximum atomic E-state index is 12.4. The van der Waals surface area contributed by atoms with Crippen molar-refractivity contribution >= 4 is 29.1 Å². The van der Waals surface area contributed by atoms with Crippen LogP contribution >= 0.6 is 11.6 Å². The molecule has 1 fully saturated rings. The molecule has 1 unspecified atom stereocenters. The summed E-state index contributed by atoms with van der Waals surface area (Å²) in [5.74, 6) is 0.268. The normalized spacial score (nSPS) is 18.3. The Morgan fingerprint density at radius 3 is 3.05 bits per heavy atom. The predicted octanol–water partition coefficient (Wildman–Crippen LogP) is 3.13. The third-order valence-electron chi connectivity index (χ3n) is 3.46. The van der Waals surface area contributed by atoms with Crippen molar-refractivity contribution in [1.82, 2.24) is 5.32 Å². The summed E-state index contributed by atoms with van der Waals surface area (Å²) < 4.78 is 5.61. The number of amides is 2. The molecule has 2 amide bonds. The molecule has 2 N–H and O–H groups in total. The number of anilines is 1. The van der Waals surface area contributed by atoms with E-state index in [1.54, 1.807) is 18.2 Å². The summed E-state index contributed by atoms with van der Waals surface area (Å²) in [5, 5.41) is 6.08. The van der Waals surface area contributed by atoms with Crippen molar-refractivity contribution in [1.29, 1.82) is 0 Å². The zero-order valence-electron chi connectivity index (χ0n) is 12.7. The summed E-state index contributed by atoms with van der Waals surface area (Å²) in [5.41, 5.74) is 0.532. The third kappa shape index (κ3) is 4.63. The van der Waals surface area contributed by atoms with E-state index < -0.39 is 6.04 Å². The van der Waals surface area contributed by atoms with E-state index in [0.29, 0.717) is 35.9 Å². The Morgan fingerprint density at radius 2 is 2.27 bits per heavy atom. The van der Waals surface area contributed by atoms with Gasteiger partial charge in [-0.1, -0.05) is 24.9 Å². The molecule has 1 aliphatic rings. The molecule has 6 heteroatoms. The first-order valence-electron chi connectivity index (χ1n) is 7.62. The summed E-state index contributed by atoms with van der Waals surface area (Å²) in [6.45, 7) is 2.57. The van der Waals surface area contributed by atoms with Crippen molar-refractivity contribution < 1.29 is 14.3 Å². The zero-order chi connectivity index (χ0) is 15.9. The van der Waals surface area contributed by atoms with Gasteiger partial charge in [-0.15, -0.1) is 0 Å². The van der Waals surface area contributed by atoms with E-state index in [2.05, 4.69) is 10.6 Å². The lowest BCUT2D eigenvalue weighted by molar-refractivity contribution is -0.126. The van der Waals surface area contributed by atoms with Gasteiger partial charge >= 0.3 is 0 Å². The molecular weight excluding hydrogens is 304 g/mol. The van der Waals surface area contributed by atoms with Gasteiger partial charge in [0.05, 0.1) is 12.3 Å². The molecule has 5 nitrogen and oxygen atoms in total. The summed E-state index contributed by atoms with van der Waals surface area (Å²) in [7, 11) is 0. The van der Waals surface area contributed by atoms with Gasteiger partial charge in [0, 0.05) is 11.4 Å². The fourth-order valence-corrected chi connectivity index (χ4v) is 2.50. The Morgan fingerprint density at radius 1 is 1.45 bits per heavy atom. The van der Waals surface area contributed by atoms with Crippen LogP contribution in [0.25, 0.3) is 0 Å². The lowest BCUT2D eigenvalue weighted by Crippen LogP contribution is -2.42. The van der Waals surface area contributed by atoms with E-state index >= 15 is 0 Å². The molecular formula is C16H21ClN2O3. The van der Waals surface area contributed by atoms with E-state index in [1.807, 2.05) is 6.92 Å². The van der Waals surface area contributed by atoms with Crippen LogP contribution in [-0.4, -0.2) is 24.5 Å². The Labute approximate surface area is 135 Å². The van der Waals surface area contributed by atoms with Crippen molar-refractivity contribution in [2.75, 3.05) is 11.9 Å². The van der Waals surface area contributed by atoms with Crippen molar-refractivity contribution in [3.05, 3.63) is 23.2 Å². The number of halogens is 1. The molecule has 22 heavy (non-hydrogen) atoms. The van der Waals surface area contributed by atoms with Gasteiger partial charge in [0.15, 0.2) is 0 Å². The predicted molar refractivity (Wildman–Crippen MR) is 86.3 cm³/mol. The van der Waals surface area contributed by atoms with E-state index in [-0.39, 0.29) is 11.8 Å². The van der Waals surface area contributed by atoms with Crippen molar-refractivity contribution in [2.45, 2.75) is 45.1 Å². The standard InChI is InChI=1S/C16H21ClN2O3/c1-2-9-22-14-8-7-11(17)10-13(14)19-16(21)12-5-3-4-6-15(20)18-12/h7-8,10,12H,2-6,9H2,1H3,(H,18,20)(H,19,21). The molecule has 0 aromatic heterocycles. The first-order valence-corrected chi connectivity index (χ1v) is 8.00. The maximum absolute atomic E-state index is 12.4. The number of rotatable bonds is 5. The maximum Gasteiger partial charge on any atom is 0.247 e. The molecule has 120 valence electrons. The molecule has 1 heterocycles. The molecule has 0 bridgehead atoms. The summed E-state index contributed by atoms with van der Waals surface area (Å²) in [6.07, 6.45) is 3.66. The number of hydrogen-bond acceptors (Lipinski definition) is 3. The second-order valence-electron chi connectivity index (χ2n) is 5.34. The van der Waals surface area contributed by atoms with Gasteiger partial charge in [-0.3, -0.25) is 9.59 Å². The van der Waals surface area contributed by atoms with Crippen LogP contribution in [0.1, 0.15) is 39.0 Å². The summed E-state index contributed by atoms with van der Waals surface area (Å²) >= 11 is 5.99. The average Bonchev–Trinajstić information content (AvgIpc) is 2.71. The Kier molecular flexibility index (Phi) is 6.07. The Bertz CT molecular complexity index is 548. The van der Waals surface area contributed by atoms with Gasteiger partial charge in [0.1, 0.15) is 11.8 Å². The van der Waals surface area contributed by atoms with Crippen LogP contribution in [0.3, 0.4) is 0 Å². The summed E-state index contributed by atoms with van der Waals surface area (Å²) in [4.78, 5) is 24.0. The zero-order valence-corrected chi connectivity index (χ0v) is 13.4. The van der Waals surface area contributed by atoms with Crippen LogP contribution in [0.5, 0.6) is 5.75 Å². The molecule has 1 aliphatic heterocycles. The van der Waals surface area contributed by atoms with Gasteiger partial charge in [-0.2, -0.15) is 0 Å². The van der Waals surface area contributed by atoms with E-state index in [9.17, 15) is 9.59 Å². The molecule has 0 saturated carbocycles. The van der Waals surface area contributed by atoms with Crippen LogP contribution in [0.2, 0.25) is 5.02 Å². The van der Waals surface area contributed by atoms with E-state index in [4.69, 9.17) is 16.3 Å².